The van der Waals surface area contributed by atoms with Gasteiger partial charge in [-0.2, -0.15) is 0 Å². The van der Waals surface area contributed by atoms with Crippen molar-refractivity contribution in [2.45, 2.75) is 6.10 Å². The number of para-hydroxylation sites is 1. The third-order valence-corrected chi connectivity index (χ3v) is 3.44. The van der Waals surface area contributed by atoms with Crippen molar-refractivity contribution in [1.82, 2.24) is 0 Å². The summed E-state index contributed by atoms with van der Waals surface area (Å²) in [5.41, 5.74) is 0. The highest BCUT2D eigenvalue weighted by atomic mass is 127. The van der Waals surface area contributed by atoms with E-state index in [4.69, 9.17) is 9.47 Å². The molecule has 3 nitrogen and oxygen atoms in total. The number of hydrogen-bond acceptors (Lipinski definition) is 3. The Labute approximate surface area is 126 Å². The van der Waals surface area contributed by atoms with Crippen LogP contribution in [0.1, 0.15) is 0 Å². The fraction of sp³-hybridized carbons (Fsp3) is 0.200. The molecule has 0 unspecified atom stereocenters. The lowest BCUT2D eigenvalue weighted by molar-refractivity contribution is 0.128. The number of aliphatic hydroxyl groups is 1. The van der Waals surface area contributed by atoms with Gasteiger partial charge in [-0.3, -0.25) is 0 Å². The average Bonchev–Trinajstić information content (AvgIpc) is 2.47. The first-order chi connectivity index (χ1) is 9.28. The van der Waals surface area contributed by atoms with Crippen molar-refractivity contribution in [1.29, 1.82) is 0 Å². The van der Waals surface area contributed by atoms with E-state index in [-0.39, 0.29) is 0 Å². The molecule has 0 bridgehead atoms. The molecule has 4 heteroatoms. The fourth-order valence-corrected chi connectivity index (χ4v) is 1.72. The van der Waals surface area contributed by atoms with E-state index in [2.05, 4.69) is 22.6 Å². The standard InChI is InChI=1S/C15H15IO3/c16-10-12(17)11-18-13-6-8-15(9-7-13)19-14-4-2-1-3-5-14/h1-9,12,17H,10-11H2/t12-/m1/s1. The summed E-state index contributed by atoms with van der Waals surface area (Å²) >= 11 is 2.12. The van der Waals surface area contributed by atoms with Crippen LogP contribution in [0.5, 0.6) is 17.2 Å². The van der Waals surface area contributed by atoms with Gasteiger partial charge in [-0.05, 0) is 36.4 Å². The largest absolute Gasteiger partial charge is 0.491 e. The van der Waals surface area contributed by atoms with Crippen LogP contribution >= 0.6 is 22.6 Å². The van der Waals surface area contributed by atoms with E-state index in [0.29, 0.717) is 11.0 Å². The van der Waals surface area contributed by atoms with E-state index in [1.807, 2.05) is 54.6 Å². The van der Waals surface area contributed by atoms with Crippen LogP contribution in [0, 0.1) is 0 Å². The van der Waals surface area contributed by atoms with E-state index < -0.39 is 6.10 Å². The van der Waals surface area contributed by atoms with Crippen LogP contribution in [0.4, 0.5) is 0 Å². The summed E-state index contributed by atoms with van der Waals surface area (Å²) in [7, 11) is 0. The lowest BCUT2D eigenvalue weighted by atomic mass is 10.3. The average molecular weight is 370 g/mol. The second-order valence-electron chi connectivity index (χ2n) is 4.01. The van der Waals surface area contributed by atoms with Crippen LogP contribution in [0.2, 0.25) is 0 Å². The molecule has 0 saturated carbocycles. The van der Waals surface area contributed by atoms with Gasteiger partial charge in [-0.1, -0.05) is 40.8 Å². The summed E-state index contributed by atoms with van der Waals surface area (Å²) < 4.78 is 11.8. The Morgan fingerprint density at radius 1 is 0.895 bits per heavy atom. The molecular formula is C15H15IO3. The van der Waals surface area contributed by atoms with E-state index >= 15 is 0 Å². The number of hydrogen-bond donors (Lipinski definition) is 1. The van der Waals surface area contributed by atoms with Gasteiger partial charge in [0, 0.05) is 4.43 Å². The van der Waals surface area contributed by atoms with Gasteiger partial charge in [0.25, 0.3) is 0 Å². The number of rotatable bonds is 6. The Hall–Kier alpha value is -1.27. The fourth-order valence-electron chi connectivity index (χ4n) is 1.47. The number of halogens is 1. The van der Waals surface area contributed by atoms with Crippen molar-refractivity contribution >= 4 is 22.6 Å². The second-order valence-corrected chi connectivity index (χ2v) is 4.89. The molecule has 0 heterocycles. The van der Waals surface area contributed by atoms with Crippen molar-refractivity contribution in [2.24, 2.45) is 0 Å². The van der Waals surface area contributed by atoms with Crippen LogP contribution in [-0.4, -0.2) is 22.2 Å². The van der Waals surface area contributed by atoms with Gasteiger partial charge in [0.05, 0.1) is 6.10 Å². The number of ether oxygens (including phenoxy) is 2. The number of benzene rings is 2. The minimum Gasteiger partial charge on any atom is -0.491 e. The minimum atomic E-state index is -0.430. The predicted molar refractivity (Wildman–Crippen MR) is 83.3 cm³/mol. The molecule has 0 fully saturated rings. The Balaban J connectivity index is 1.91. The molecule has 19 heavy (non-hydrogen) atoms. The molecule has 0 amide bonds. The Morgan fingerprint density at radius 2 is 1.47 bits per heavy atom. The summed E-state index contributed by atoms with van der Waals surface area (Å²) in [5, 5.41) is 9.41. The van der Waals surface area contributed by atoms with Gasteiger partial charge < -0.3 is 14.6 Å². The van der Waals surface area contributed by atoms with E-state index in [1.54, 1.807) is 0 Å². The lowest BCUT2D eigenvalue weighted by Gasteiger charge is -2.10. The molecular weight excluding hydrogens is 355 g/mol. The summed E-state index contributed by atoms with van der Waals surface area (Å²) in [5.74, 6) is 2.29. The summed E-state index contributed by atoms with van der Waals surface area (Å²) in [4.78, 5) is 0. The van der Waals surface area contributed by atoms with Crippen LogP contribution in [0.15, 0.2) is 54.6 Å². The Kier molecular flexibility index (Phi) is 5.47. The molecule has 0 saturated heterocycles. The zero-order valence-corrected chi connectivity index (χ0v) is 12.5. The maximum Gasteiger partial charge on any atom is 0.127 e. The molecule has 2 aromatic rings. The van der Waals surface area contributed by atoms with Crippen molar-refractivity contribution in [3.63, 3.8) is 0 Å². The Morgan fingerprint density at radius 3 is 2.11 bits per heavy atom. The second kappa shape index (κ2) is 7.35. The predicted octanol–water partition coefficient (Wildman–Crippen LogP) is 3.65. The number of alkyl halides is 1. The van der Waals surface area contributed by atoms with Crippen LogP contribution in [-0.2, 0) is 0 Å². The minimum absolute atomic E-state index is 0.307. The lowest BCUT2D eigenvalue weighted by Crippen LogP contribution is -2.18. The first kappa shape index (κ1) is 14.1. The van der Waals surface area contributed by atoms with Crippen molar-refractivity contribution in [3.05, 3.63) is 54.6 Å². The van der Waals surface area contributed by atoms with Gasteiger partial charge in [-0.25, -0.2) is 0 Å². The summed E-state index contributed by atoms with van der Waals surface area (Å²) in [6, 6.07) is 17.0. The van der Waals surface area contributed by atoms with Gasteiger partial charge in [0.2, 0.25) is 0 Å². The normalized spacial score (nSPS) is 11.9. The summed E-state index contributed by atoms with van der Waals surface area (Å²) in [6.45, 7) is 0.307. The molecule has 100 valence electrons. The SMILES string of the molecule is O[C@H](CI)COc1ccc(Oc2ccccc2)cc1. The van der Waals surface area contributed by atoms with Crippen molar-refractivity contribution in [2.75, 3.05) is 11.0 Å². The molecule has 0 radical (unpaired) electrons. The highest BCUT2D eigenvalue weighted by molar-refractivity contribution is 14.1. The monoisotopic (exact) mass is 370 g/mol. The van der Waals surface area contributed by atoms with Crippen LogP contribution < -0.4 is 9.47 Å². The molecule has 0 aliphatic heterocycles. The van der Waals surface area contributed by atoms with Gasteiger partial charge >= 0.3 is 0 Å². The molecule has 2 aromatic carbocycles. The van der Waals surface area contributed by atoms with Gasteiger partial charge in [0.15, 0.2) is 0 Å². The molecule has 0 aliphatic carbocycles. The first-order valence-electron chi connectivity index (χ1n) is 5.98. The van der Waals surface area contributed by atoms with E-state index in [9.17, 15) is 5.11 Å². The molecule has 1 N–H and O–H groups in total. The van der Waals surface area contributed by atoms with Crippen molar-refractivity contribution in [3.8, 4) is 17.2 Å². The zero-order chi connectivity index (χ0) is 13.5. The van der Waals surface area contributed by atoms with Crippen LogP contribution in [0.25, 0.3) is 0 Å². The first-order valence-corrected chi connectivity index (χ1v) is 7.50. The van der Waals surface area contributed by atoms with Gasteiger partial charge in [0.1, 0.15) is 23.9 Å². The quantitative estimate of drug-likeness (QED) is 0.623. The number of aliphatic hydroxyl groups excluding tert-OH is 1. The zero-order valence-electron chi connectivity index (χ0n) is 10.3. The van der Waals surface area contributed by atoms with E-state index in [1.165, 1.54) is 0 Å². The van der Waals surface area contributed by atoms with E-state index in [0.717, 1.165) is 17.2 Å². The molecule has 2 rings (SSSR count). The van der Waals surface area contributed by atoms with Gasteiger partial charge in [-0.15, -0.1) is 0 Å². The Bertz CT molecular complexity index is 485. The molecule has 0 spiro atoms. The molecule has 1 atom stereocenters. The van der Waals surface area contributed by atoms with Crippen LogP contribution in [0.3, 0.4) is 0 Å². The highest BCUT2D eigenvalue weighted by Gasteiger charge is 2.03. The summed E-state index contributed by atoms with van der Waals surface area (Å²) in [6.07, 6.45) is -0.430. The smallest absolute Gasteiger partial charge is 0.127 e. The maximum absolute atomic E-state index is 9.41. The topological polar surface area (TPSA) is 38.7 Å². The third-order valence-electron chi connectivity index (χ3n) is 2.42. The van der Waals surface area contributed by atoms with Crippen molar-refractivity contribution < 1.29 is 14.6 Å². The molecule has 0 aromatic heterocycles. The maximum atomic E-state index is 9.41. The highest BCUT2D eigenvalue weighted by Crippen LogP contribution is 2.23. The molecule has 0 aliphatic rings. The third kappa shape index (κ3) is 4.72.